The van der Waals surface area contributed by atoms with E-state index >= 15 is 0 Å². The molecule has 0 unspecified atom stereocenters. The van der Waals surface area contributed by atoms with E-state index in [0.717, 1.165) is 94.1 Å². The first-order chi connectivity index (χ1) is 37.7. The Bertz CT molecular complexity index is 1460. The maximum atomic E-state index is 6.37. The van der Waals surface area contributed by atoms with Gasteiger partial charge < -0.3 is 9.47 Å². The summed E-state index contributed by atoms with van der Waals surface area (Å²) >= 11 is 0. The fourth-order valence-corrected chi connectivity index (χ4v) is 21.6. The Morgan fingerprint density at radius 3 is 0.805 bits per heavy atom. The summed E-state index contributed by atoms with van der Waals surface area (Å²) in [6.45, 7) is 11.5. The number of rotatable bonds is 25. The van der Waals surface area contributed by atoms with Gasteiger partial charge >= 0.3 is 0 Å². The van der Waals surface area contributed by atoms with Crippen LogP contribution < -0.4 is 0 Å². The SMILES string of the molecule is CCC1CCC(C2CCC3(CC2)CC2(CCC(C4CCC(C)CC4)CC2)C3)CC1.CCCCCCCCCCOC1CCC([C@H]2CCC3(CC2)CC2(CC[C@H]([C@H]4CC[C@H](OCCCCCCCCCC)CC4)CC2)C3)CC1. The molecule has 10 rings (SSSR count). The Kier molecular flexibility index (Phi) is 24.9. The lowest BCUT2D eigenvalue weighted by Gasteiger charge is -2.62. The van der Waals surface area contributed by atoms with Crippen molar-refractivity contribution in [2.24, 2.45) is 80.8 Å². The second kappa shape index (κ2) is 31.2. The topological polar surface area (TPSA) is 18.5 Å². The summed E-state index contributed by atoms with van der Waals surface area (Å²) in [6, 6.07) is 0. The van der Waals surface area contributed by atoms with Crippen molar-refractivity contribution < 1.29 is 9.47 Å². The summed E-state index contributed by atoms with van der Waals surface area (Å²) in [5.74, 6) is 10.6. The maximum absolute atomic E-state index is 6.37. The van der Waals surface area contributed by atoms with Crippen molar-refractivity contribution >= 4 is 0 Å². The van der Waals surface area contributed by atoms with Gasteiger partial charge in [0.15, 0.2) is 0 Å². The molecule has 4 spiro atoms. The van der Waals surface area contributed by atoms with Gasteiger partial charge in [-0.15, -0.1) is 0 Å². The summed E-state index contributed by atoms with van der Waals surface area (Å²) in [6.07, 6.45) is 80.4. The van der Waals surface area contributed by atoms with Crippen LogP contribution in [0.5, 0.6) is 0 Å². The van der Waals surface area contributed by atoms with E-state index < -0.39 is 0 Å². The van der Waals surface area contributed by atoms with Gasteiger partial charge in [0, 0.05) is 13.2 Å². The Hall–Kier alpha value is -0.0800. The first-order valence-electron chi connectivity index (χ1n) is 36.9. The lowest BCUT2D eigenvalue weighted by Crippen LogP contribution is -2.50. The zero-order valence-corrected chi connectivity index (χ0v) is 52.6. The predicted molar refractivity (Wildman–Crippen MR) is 332 cm³/mol. The molecule has 2 heteroatoms. The molecule has 0 heterocycles. The summed E-state index contributed by atoms with van der Waals surface area (Å²) in [4.78, 5) is 0. The quantitative estimate of drug-likeness (QED) is 0.0849. The normalized spacial score (nSPS) is 41.5. The van der Waals surface area contributed by atoms with Gasteiger partial charge in [-0.05, 0) is 299 Å². The smallest absolute Gasteiger partial charge is 0.0575 e. The Labute approximate surface area is 481 Å². The average Bonchev–Trinajstić information content (AvgIpc) is 3.56. The van der Waals surface area contributed by atoms with E-state index in [2.05, 4.69) is 27.7 Å². The van der Waals surface area contributed by atoms with Crippen molar-refractivity contribution in [1.82, 2.24) is 0 Å². The predicted octanol–water partition coefficient (Wildman–Crippen LogP) is 23.7. The van der Waals surface area contributed by atoms with Crippen LogP contribution in [0.1, 0.15) is 368 Å². The van der Waals surface area contributed by atoms with Gasteiger partial charge in [0.2, 0.25) is 0 Å². The van der Waals surface area contributed by atoms with Crippen molar-refractivity contribution in [3.8, 4) is 0 Å². The first kappa shape index (κ1) is 61.5. The highest BCUT2D eigenvalue weighted by Gasteiger charge is 2.57. The van der Waals surface area contributed by atoms with Gasteiger partial charge in [0.1, 0.15) is 0 Å². The summed E-state index contributed by atoms with van der Waals surface area (Å²) in [5.41, 5.74) is 3.18. The van der Waals surface area contributed by atoms with Gasteiger partial charge in [-0.1, -0.05) is 150 Å². The van der Waals surface area contributed by atoms with Crippen LogP contribution in [0, 0.1) is 80.8 Å². The number of hydrogen-bond donors (Lipinski definition) is 0. The third-order valence-electron chi connectivity index (χ3n) is 26.7. The second-order valence-electron chi connectivity index (χ2n) is 32.0. The molecule has 0 atom stereocenters. The highest BCUT2D eigenvalue weighted by atomic mass is 16.5. The molecule has 0 saturated heterocycles. The Morgan fingerprint density at radius 2 is 0.519 bits per heavy atom. The molecule has 10 fully saturated rings. The monoisotopic (exact) mass is 1070 g/mol. The fraction of sp³-hybridized carbons (Fsp3) is 1.00. The molecule has 446 valence electrons. The molecular formula is C75H134O2. The van der Waals surface area contributed by atoms with Crippen LogP contribution >= 0.6 is 0 Å². The van der Waals surface area contributed by atoms with Crippen LogP contribution in [0.2, 0.25) is 0 Å². The van der Waals surface area contributed by atoms with Crippen molar-refractivity contribution in [2.75, 3.05) is 13.2 Å². The standard InChI is InChI=1S/C46H84O2.C29H50/c1-3-5-7-9-11-13-15-17-35-47-43-23-19-39(20-24-43)41-27-31-45(32-28-41)37-46(38-45)33-29-42(30-34-46)40-21-25-44(26-22-40)48-36-18-16-14-12-10-8-6-4-2;1-3-23-6-10-25(11-7-23)27-14-18-29(19-15-27)20-28(21-29)16-12-26(13-17-28)24-8-4-22(2)5-9-24/h39-44H,3-38H2,1-2H3;22-27H,3-21H2,1-2H3/t39-,40?,41-,42-,43-,44?,45?,46?;. The Morgan fingerprint density at radius 1 is 0.273 bits per heavy atom. The molecule has 0 amide bonds. The molecule has 2 nitrogen and oxygen atoms in total. The van der Waals surface area contributed by atoms with Crippen LogP contribution in [0.25, 0.3) is 0 Å². The second-order valence-corrected chi connectivity index (χ2v) is 32.0. The van der Waals surface area contributed by atoms with E-state index in [0.29, 0.717) is 12.2 Å². The van der Waals surface area contributed by atoms with Crippen LogP contribution in [0.4, 0.5) is 0 Å². The number of hydrogen-bond acceptors (Lipinski definition) is 2. The van der Waals surface area contributed by atoms with E-state index in [1.165, 1.54) is 173 Å². The molecule has 0 aliphatic heterocycles. The van der Waals surface area contributed by atoms with Crippen molar-refractivity contribution in [3.63, 3.8) is 0 Å². The molecule has 0 aromatic rings. The summed E-state index contributed by atoms with van der Waals surface area (Å²) < 4.78 is 12.7. The zero-order valence-electron chi connectivity index (χ0n) is 52.6. The third kappa shape index (κ3) is 18.0. The van der Waals surface area contributed by atoms with Crippen LogP contribution in [-0.4, -0.2) is 25.4 Å². The first-order valence-corrected chi connectivity index (χ1v) is 36.9. The number of unbranched alkanes of at least 4 members (excludes halogenated alkanes) is 14. The summed E-state index contributed by atoms with van der Waals surface area (Å²) in [7, 11) is 0. The molecule has 10 saturated carbocycles. The average molecular weight is 1070 g/mol. The van der Waals surface area contributed by atoms with Crippen molar-refractivity contribution in [1.29, 1.82) is 0 Å². The van der Waals surface area contributed by atoms with Crippen LogP contribution in [-0.2, 0) is 9.47 Å². The fourth-order valence-electron chi connectivity index (χ4n) is 21.6. The molecule has 0 aromatic carbocycles. The lowest BCUT2D eigenvalue weighted by molar-refractivity contribution is -0.111. The molecular weight excluding hydrogens is 933 g/mol. The Balaban J connectivity index is 0.000000211. The molecule has 77 heavy (non-hydrogen) atoms. The minimum Gasteiger partial charge on any atom is -0.378 e. The van der Waals surface area contributed by atoms with Gasteiger partial charge in [-0.2, -0.15) is 0 Å². The minimum atomic E-state index is 0.579. The molecule has 0 aromatic heterocycles. The van der Waals surface area contributed by atoms with Gasteiger partial charge in [0.25, 0.3) is 0 Å². The van der Waals surface area contributed by atoms with E-state index in [1.54, 1.807) is 167 Å². The van der Waals surface area contributed by atoms with Gasteiger partial charge in [-0.3, -0.25) is 0 Å². The highest BCUT2D eigenvalue weighted by molar-refractivity contribution is 5.08. The van der Waals surface area contributed by atoms with Crippen molar-refractivity contribution in [2.45, 2.75) is 380 Å². The maximum Gasteiger partial charge on any atom is 0.0575 e. The third-order valence-corrected chi connectivity index (χ3v) is 26.7. The molecule has 10 aliphatic rings. The van der Waals surface area contributed by atoms with Crippen LogP contribution in [0.15, 0.2) is 0 Å². The molecule has 0 bridgehead atoms. The number of ether oxygens (including phenoxy) is 2. The molecule has 10 aliphatic carbocycles. The van der Waals surface area contributed by atoms with E-state index in [4.69, 9.17) is 9.47 Å². The van der Waals surface area contributed by atoms with E-state index in [9.17, 15) is 0 Å². The van der Waals surface area contributed by atoms with E-state index in [1.807, 2.05) is 0 Å². The minimum absolute atomic E-state index is 0.579. The van der Waals surface area contributed by atoms with Crippen molar-refractivity contribution in [3.05, 3.63) is 0 Å². The summed E-state index contributed by atoms with van der Waals surface area (Å²) in [5, 5.41) is 0. The molecule has 0 N–H and O–H groups in total. The van der Waals surface area contributed by atoms with Crippen LogP contribution in [0.3, 0.4) is 0 Å². The lowest BCUT2D eigenvalue weighted by atomic mass is 9.43. The zero-order chi connectivity index (χ0) is 53.2. The van der Waals surface area contributed by atoms with E-state index in [-0.39, 0.29) is 0 Å². The largest absolute Gasteiger partial charge is 0.378 e. The van der Waals surface area contributed by atoms with Gasteiger partial charge in [0.05, 0.1) is 12.2 Å². The molecule has 0 radical (unpaired) electrons. The highest BCUT2D eigenvalue weighted by Crippen LogP contribution is 2.69. The van der Waals surface area contributed by atoms with Gasteiger partial charge in [-0.25, -0.2) is 0 Å².